The highest BCUT2D eigenvalue weighted by atomic mass is 16.6. The van der Waals surface area contributed by atoms with E-state index in [2.05, 4.69) is 0 Å². The minimum atomic E-state index is -0.574. The average Bonchev–Trinajstić information content (AvgIpc) is 2.61. The fraction of sp³-hybridized carbons (Fsp3) is 0.357. The van der Waals surface area contributed by atoms with Gasteiger partial charge in [0, 0.05) is 43.9 Å². The van der Waals surface area contributed by atoms with Gasteiger partial charge in [-0.1, -0.05) is 6.07 Å². The first-order valence-corrected chi connectivity index (χ1v) is 7.23. The third-order valence-corrected chi connectivity index (χ3v) is 3.70. The Kier molecular flexibility index (Phi) is 5.42. The molecule has 24 heavy (non-hydrogen) atoms. The van der Waals surface area contributed by atoms with Crippen LogP contribution in [0, 0.1) is 10.1 Å². The molecule has 1 heterocycles. The summed E-state index contributed by atoms with van der Waals surface area (Å²) < 4.78 is 0. The first-order valence-electron chi connectivity index (χ1n) is 7.23. The lowest BCUT2D eigenvalue weighted by molar-refractivity contribution is -0.384. The summed E-state index contributed by atoms with van der Waals surface area (Å²) in [6.07, 6.45) is -0.338. The number of nitro benzene ring substituents is 1. The molecule has 2 rings (SSSR count). The molecule has 0 spiro atoms. The second-order valence-corrected chi connectivity index (χ2v) is 5.22. The average molecular weight is 335 g/mol. The molecule has 3 N–H and O–H groups in total. The van der Waals surface area contributed by atoms with Gasteiger partial charge in [0.25, 0.3) is 11.6 Å². The number of nitrogens with two attached hydrogens (primary N) is 1. The summed E-state index contributed by atoms with van der Waals surface area (Å²) >= 11 is 0. The van der Waals surface area contributed by atoms with Crippen LogP contribution in [0.3, 0.4) is 0 Å². The summed E-state index contributed by atoms with van der Waals surface area (Å²) in [5, 5.41) is 10.8. The van der Waals surface area contributed by atoms with E-state index in [1.54, 1.807) is 0 Å². The Labute approximate surface area is 137 Å². The van der Waals surface area contributed by atoms with Crippen molar-refractivity contribution in [2.45, 2.75) is 6.42 Å². The Morgan fingerprint density at radius 3 is 2.38 bits per heavy atom. The molecule has 0 saturated carbocycles. The quantitative estimate of drug-likeness (QED) is 0.244. The van der Waals surface area contributed by atoms with Crippen LogP contribution in [0.4, 0.5) is 5.69 Å². The molecule has 1 fully saturated rings. The van der Waals surface area contributed by atoms with Crippen molar-refractivity contribution in [3.63, 3.8) is 0 Å². The van der Waals surface area contributed by atoms with Gasteiger partial charge in [0.1, 0.15) is 6.42 Å². The SMILES string of the molecule is NNC(=O)CC(=O)N1CCN(C(=O)c2cccc([N+](=O)[O-])c2)CC1. The lowest BCUT2D eigenvalue weighted by atomic mass is 10.1. The molecule has 0 radical (unpaired) electrons. The van der Waals surface area contributed by atoms with Crippen molar-refractivity contribution in [1.82, 2.24) is 15.2 Å². The zero-order chi connectivity index (χ0) is 17.7. The number of hydrogen-bond donors (Lipinski definition) is 2. The van der Waals surface area contributed by atoms with E-state index in [9.17, 15) is 24.5 Å². The zero-order valence-electron chi connectivity index (χ0n) is 12.8. The van der Waals surface area contributed by atoms with Crippen LogP contribution < -0.4 is 11.3 Å². The Hall–Kier alpha value is -3.01. The maximum absolute atomic E-state index is 12.4. The van der Waals surface area contributed by atoms with Gasteiger partial charge >= 0.3 is 0 Å². The van der Waals surface area contributed by atoms with Crippen molar-refractivity contribution in [2.75, 3.05) is 26.2 Å². The molecule has 0 bridgehead atoms. The molecule has 0 atom stereocenters. The number of benzene rings is 1. The number of amides is 3. The summed E-state index contributed by atoms with van der Waals surface area (Å²) in [6, 6.07) is 5.51. The van der Waals surface area contributed by atoms with E-state index in [-0.39, 0.29) is 55.7 Å². The highest BCUT2D eigenvalue weighted by Gasteiger charge is 2.26. The summed E-state index contributed by atoms with van der Waals surface area (Å²) in [6.45, 7) is 1.16. The van der Waals surface area contributed by atoms with Crippen LogP contribution >= 0.6 is 0 Å². The fourth-order valence-electron chi connectivity index (χ4n) is 2.39. The maximum atomic E-state index is 12.4. The molecule has 0 aromatic heterocycles. The standard InChI is InChI=1S/C14H17N5O5/c15-16-12(20)9-13(21)17-4-6-18(7-5-17)14(22)10-2-1-3-11(8-10)19(23)24/h1-3,8H,4-7,9,15H2,(H,16,20). The molecule has 1 aliphatic heterocycles. The monoisotopic (exact) mass is 335 g/mol. The van der Waals surface area contributed by atoms with E-state index in [1.807, 2.05) is 5.43 Å². The van der Waals surface area contributed by atoms with Gasteiger partial charge in [-0.25, -0.2) is 5.84 Å². The van der Waals surface area contributed by atoms with Crippen molar-refractivity contribution in [1.29, 1.82) is 0 Å². The van der Waals surface area contributed by atoms with Gasteiger partial charge in [0.15, 0.2) is 0 Å². The van der Waals surface area contributed by atoms with Gasteiger partial charge < -0.3 is 9.80 Å². The number of hydrogen-bond acceptors (Lipinski definition) is 6. The largest absolute Gasteiger partial charge is 0.339 e. The molecule has 10 heteroatoms. The number of non-ortho nitro benzene ring substituents is 1. The van der Waals surface area contributed by atoms with E-state index < -0.39 is 10.8 Å². The van der Waals surface area contributed by atoms with Crippen molar-refractivity contribution in [3.05, 3.63) is 39.9 Å². The van der Waals surface area contributed by atoms with Gasteiger partial charge in [0.2, 0.25) is 11.8 Å². The number of nitrogens with one attached hydrogen (secondary N) is 1. The molecule has 0 unspecified atom stereocenters. The van der Waals surface area contributed by atoms with E-state index >= 15 is 0 Å². The number of hydrazine groups is 1. The molecule has 1 aliphatic rings. The van der Waals surface area contributed by atoms with Crippen LogP contribution in [-0.2, 0) is 9.59 Å². The summed E-state index contributed by atoms with van der Waals surface area (Å²) in [5.74, 6) is 3.68. The van der Waals surface area contributed by atoms with E-state index in [0.717, 1.165) is 0 Å². The third kappa shape index (κ3) is 4.04. The van der Waals surface area contributed by atoms with Crippen LogP contribution in [0.1, 0.15) is 16.8 Å². The normalized spacial score (nSPS) is 14.2. The maximum Gasteiger partial charge on any atom is 0.270 e. The predicted molar refractivity (Wildman–Crippen MR) is 82.5 cm³/mol. The first-order chi connectivity index (χ1) is 11.4. The second-order valence-electron chi connectivity index (χ2n) is 5.22. The summed E-state index contributed by atoms with van der Waals surface area (Å²) in [4.78, 5) is 48.6. The number of carbonyl (C=O) groups is 3. The van der Waals surface area contributed by atoms with Gasteiger partial charge in [-0.3, -0.25) is 29.9 Å². The van der Waals surface area contributed by atoms with Gasteiger partial charge in [-0.2, -0.15) is 0 Å². The highest BCUT2D eigenvalue weighted by Crippen LogP contribution is 2.16. The van der Waals surface area contributed by atoms with E-state index in [0.29, 0.717) is 0 Å². The molecular weight excluding hydrogens is 318 g/mol. The molecule has 0 aliphatic carbocycles. The molecule has 10 nitrogen and oxygen atoms in total. The van der Waals surface area contributed by atoms with Gasteiger partial charge in [-0.15, -0.1) is 0 Å². The van der Waals surface area contributed by atoms with Crippen LogP contribution in [-0.4, -0.2) is 58.6 Å². The molecule has 1 aromatic carbocycles. The Bertz CT molecular complexity index is 669. The fourth-order valence-corrected chi connectivity index (χ4v) is 2.39. The van der Waals surface area contributed by atoms with Gasteiger partial charge in [0.05, 0.1) is 4.92 Å². The third-order valence-electron chi connectivity index (χ3n) is 3.70. The van der Waals surface area contributed by atoms with Crippen LogP contribution in [0.5, 0.6) is 0 Å². The minimum Gasteiger partial charge on any atom is -0.339 e. The molecular formula is C14H17N5O5. The van der Waals surface area contributed by atoms with Crippen LogP contribution in [0.2, 0.25) is 0 Å². The summed E-state index contributed by atoms with van der Waals surface area (Å²) in [7, 11) is 0. The molecule has 128 valence electrons. The first kappa shape index (κ1) is 17.3. The summed E-state index contributed by atoms with van der Waals surface area (Å²) in [5.41, 5.74) is 1.97. The van der Waals surface area contributed by atoms with Gasteiger partial charge in [-0.05, 0) is 6.07 Å². The molecule has 1 aromatic rings. The Morgan fingerprint density at radius 1 is 1.17 bits per heavy atom. The lowest BCUT2D eigenvalue weighted by Crippen LogP contribution is -2.51. The number of piperazine rings is 1. The van der Waals surface area contributed by atoms with Crippen LogP contribution in [0.25, 0.3) is 0 Å². The zero-order valence-corrected chi connectivity index (χ0v) is 12.8. The highest BCUT2D eigenvalue weighted by molar-refractivity contribution is 5.97. The smallest absolute Gasteiger partial charge is 0.270 e. The van der Waals surface area contributed by atoms with Crippen molar-refractivity contribution >= 4 is 23.4 Å². The second kappa shape index (κ2) is 7.51. The predicted octanol–water partition coefficient (Wildman–Crippen LogP) is -0.741. The number of carbonyl (C=O) groups excluding carboxylic acids is 3. The minimum absolute atomic E-state index is 0.150. The van der Waals surface area contributed by atoms with E-state index in [4.69, 9.17) is 5.84 Å². The Balaban J connectivity index is 1.95. The molecule has 3 amide bonds. The lowest BCUT2D eigenvalue weighted by Gasteiger charge is -2.34. The number of rotatable bonds is 4. The topological polar surface area (TPSA) is 139 Å². The Morgan fingerprint density at radius 2 is 1.79 bits per heavy atom. The molecule has 1 saturated heterocycles. The van der Waals surface area contributed by atoms with E-state index in [1.165, 1.54) is 34.1 Å². The van der Waals surface area contributed by atoms with Crippen molar-refractivity contribution < 1.29 is 19.3 Å². The van der Waals surface area contributed by atoms with Crippen molar-refractivity contribution in [2.24, 2.45) is 5.84 Å². The number of nitro groups is 1. The van der Waals surface area contributed by atoms with Crippen molar-refractivity contribution in [3.8, 4) is 0 Å². The number of nitrogens with zero attached hydrogens (tertiary/aromatic N) is 3. The van der Waals surface area contributed by atoms with Crippen LogP contribution in [0.15, 0.2) is 24.3 Å².